The Morgan fingerprint density at radius 1 is 0.977 bits per heavy atom. The molecule has 0 amide bonds. The van der Waals surface area contributed by atoms with Crippen LogP contribution in [0.2, 0.25) is 0 Å². The molecule has 1 aliphatic heterocycles. The van der Waals surface area contributed by atoms with Gasteiger partial charge in [-0.05, 0) is 61.7 Å². The molecular formula is C31H34F4N8. The lowest BCUT2D eigenvalue weighted by Gasteiger charge is -2.34. The number of nitrogens with zero attached hydrogens (tertiary/aromatic N) is 5. The Labute approximate surface area is 247 Å². The van der Waals surface area contributed by atoms with Crippen LogP contribution in [-0.4, -0.2) is 57.8 Å². The van der Waals surface area contributed by atoms with Gasteiger partial charge in [0, 0.05) is 49.7 Å². The topological polar surface area (TPSA) is 85.0 Å². The van der Waals surface area contributed by atoms with Crippen molar-refractivity contribution in [3.8, 4) is 0 Å². The second kappa shape index (κ2) is 12.8. The Morgan fingerprint density at radius 3 is 2.51 bits per heavy atom. The van der Waals surface area contributed by atoms with Crippen molar-refractivity contribution in [3.05, 3.63) is 95.2 Å². The lowest BCUT2D eigenvalue weighted by atomic mass is 10.1. The van der Waals surface area contributed by atoms with Crippen molar-refractivity contribution >= 4 is 28.8 Å². The number of piperazine rings is 1. The van der Waals surface area contributed by atoms with Gasteiger partial charge in [0.25, 0.3) is 0 Å². The van der Waals surface area contributed by atoms with Crippen LogP contribution in [-0.2, 0) is 19.0 Å². The van der Waals surface area contributed by atoms with E-state index < -0.39 is 17.6 Å². The standard InChI is InChI=1S/C31H34F4N8/c1-4-42-12-14-43(15-13-42)30-19-28(37-21(3)38-30)39-29-18-25(40-41-29)10-8-22-9-11-26(32)27(16-22)36-20(2)23-6-5-7-24(17-23)31(33,34)35/h5-7,9,11,16-19,36H,2,4,8,10,12-15H2,1,3H3,(H2,37,38,39,40,41). The summed E-state index contributed by atoms with van der Waals surface area (Å²) in [7, 11) is 0. The van der Waals surface area contributed by atoms with Crippen molar-refractivity contribution in [1.29, 1.82) is 0 Å². The minimum absolute atomic E-state index is 0.137. The molecule has 0 radical (unpaired) electrons. The number of hydrogen-bond acceptors (Lipinski definition) is 7. The van der Waals surface area contributed by atoms with E-state index in [9.17, 15) is 17.6 Å². The smallest absolute Gasteiger partial charge is 0.354 e. The van der Waals surface area contributed by atoms with Crippen LogP contribution < -0.4 is 15.5 Å². The van der Waals surface area contributed by atoms with E-state index in [1.165, 1.54) is 18.2 Å². The molecule has 3 heterocycles. The molecule has 1 saturated heterocycles. The van der Waals surface area contributed by atoms with E-state index in [0.717, 1.165) is 61.9 Å². The van der Waals surface area contributed by atoms with Gasteiger partial charge in [0.05, 0.1) is 11.3 Å². The molecule has 5 rings (SSSR count). The van der Waals surface area contributed by atoms with E-state index in [2.05, 4.69) is 54.1 Å². The highest BCUT2D eigenvalue weighted by molar-refractivity contribution is 5.76. The second-order valence-electron chi connectivity index (χ2n) is 10.5. The molecular weight excluding hydrogens is 560 g/mol. The number of nitrogens with one attached hydrogen (secondary N) is 3. The molecule has 8 nitrogen and oxygen atoms in total. The van der Waals surface area contributed by atoms with Gasteiger partial charge >= 0.3 is 6.18 Å². The van der Waals surface area contributed by atoms with E-state index in [1.807, 2.05) is 19.1 Å². The largest absolute Gasteiger partial charge is 0.416 e. The van der Waals surface area contributed by atoms with Crippen molar-refractivity contribution in [2.45, 2.75) is 32.9 Å². The molecule has 2 aromatic heterocycles. The number of halogens is 4. The van der Waals surface area contributed by atoms with Crippen molar-refractivity contribution in [2.24, 2.45) is 0 Å². The molecule has 0 spiro atoms. The van der Waals surface area contributed by atoms with Gasteiger partial charge in [-0.25, -0.2) is 14.4 Å². The molecule has 0 atom stereocenters. The molecule has 0 unspecified atom stereocenters. The SMILES string of the molecule is C=C(Nc1cc(CCc2cc(Nc3cc(N4CCN(CC)CC4)nc(C)n3)n[nH]2)ccc1F)c1cccc(C(F)(F)F)c1. The predicted octanol–water partition coefficient (Wildman–Crippen LogP) is 6.42. The van der Waals surface area contributed by atoms with Crippen LogP contribution in [0.4, 0.5) is 40.7 Å². The molecule has 226 valence electrons. The first-order chi connectivity index (χ1) is 20.6. The Kier molecular flexibility index (Phi) is 8.95. The lowest BCUT2D eigenvalue weighted by molar-refractivity contribution is -0.137. The van der Waals surface area contributed by atoms with E-state index in [4.69, 9.17) is 0 Å². The molecule has 4 aromatic rings. The maximum Gasteiger partial charge on any atom is 0.416 e. The Hall–Kier alpha value is -4.45. The average molecular weight is 595 g/mol. The van der Waals surface area contributed by atoms with E-state index in [1.54, 1.807) is 12.1 Å². The van der Waals surface area contributed by atoms with Crippen molar-refractivity contribution in [3.63, 3.8) is 0 Å². The maximum absolute atomic E-state index is 14.6. The van der Waals surface area contributed by atoms with E-state index in [0.29, 0.717) is 30.3 Å². The fourth-order valence-corrected chi connectivity index (χ4v) is 4.98. The third kappa shape index (κ3) is 7.69. The number of rotatable bonds is 10. The van der Waals surface area contributed by atoms with Gasteiger partial charge in [-0.3, -0.25) is 5.10 Å². The van der Waals surface area contributed by atoms with Crippen molar-refractivity contribution in [1.82, 2.24) is 25.1 Å². The number of H-pyrrole nitrogens is 1. The summed E-state index contributed by atoms with van der Waals surface area (Å²) in [5, 5.41) is 13.5. The third-order valence-electron chi connectivity index (χ3n) is 7.39. The zero-order valence-corrected chi connectivity index (χ0v) is 24.1. The second-order valence-corrected chi connectivity index (χ2v) is 10.5. The Bertz CT molecular complexity index is 1570. The van der Waals surface area contributed by atoms with Gasteiger partial charge in [0.15, 0.2) is 5.82 Å². The van der Waals surface area contributed by atoms with Crippen LogP contribution in [0.15, 0.2) is 61.2 Å². The number of aromatic nitrogens is 4. The van der Waals surface area contributed by atoms with Crippen LogP contribution in [0.25, 0.3) is 5.70 Å². The lowest BCUT2D eigenvalue weighted by Crippen LogP contribution is -2.46. The summed E-state index contributed by atoms with van der Waals surface area (Å²) >= 11 is 0. The van der Waals surface area contributed by atoms with Crippen LogP contribution in [0.5, 0.6) is 0 Å². The van der Waals surface area contributed by atoms with Gasteiger partial charge in [-0.15, -0.1) is 0 Å². The summed E-state index contributed by atoms with van der Waals surface area (Å²) in [4.78, 5) is 13.8. The van der Waals surface area contributed by atoms with Gasteiger partial charge in [-0.2, -0.15) is 18.3 Å². The summed E-state index contributed by atoms with van der Waals surface area (Å²) in [5.74, 6) is 2.31. The fourth-order valence-electron chi connectivity index (χ4n) is 4.98. The van der Waals surface area contributed by atoms with Crippen LogP contribution in [0.3, 0.4) is 0 Å². The molecule has 43 heavy (non-hydrogen) atoms. The fraction of sp³-hybridized carbons (Fsp3) is 0.323. The van der Waals surface area contributed by atoms with Crippen molar-refractivity contribution in [2.75, 3.05) is 48.3 Å². The molecule has 1 fully saturated rings. The van der Waals surface area contributed by atoms with Crippen LogP contribution in [0, 0.1) is 12.7 Å². The molecule has 2 aromatic carbocycles. The summed E-state index contributed by atoms with van der Waals surface area (Å²) in [6.07, 6.45) is -3.30. The van der Waals surface area contributed by atoms with Gasteiger partial charge in [0.2, 0.25) is 0 Å². The zero-order valence-electron chi connectivity index (χ0n) is 24.1. The summed E-state index contributed by atoms with van der Waals surface area (Å²) in [6.45, 7) is 12.7. The third-order valence-corrected chi connectivity index (χ3v) is 7.39. The number of alkyl halides is 3. The monoisotopic (exact) mass is 594 g/mol. The summed E-state index contributed by atoms with van der Waals surface area (Å²) in [6, 6.07) is 13.2. The van der Waals surface area contributed by atoms with Gasteiger partial charge in [-0.1, -0.05) is 31.7 Å². The first-order valence-corrected chi connectivity index (χ1v) is 14.1. The molecule has 1 aliphatic rings. The number of aryl methyl sites for hydroxylation is 3. The highest BCUT2D eigenvalue weighted by Crippen LogP contribution is 2.31. The van der Waals surface area contributed by atoms with E-state index >= 15 is 0 Å². The molecule has 0 saturated carbocycles. The normalized spacial score (nSPS) is 14.1. The number of anilines is 4. The minimum atomic E-state index is -4.48. The molecule has 0 aliphatic carbocycles. The van der Waals surface area contributed by atoms with Crippen molar-refractivity contribution < 1.29 is 17.6 Å². The van der Waals surface area contributed by atoms with E-state index in [-0.39, 0.29) is 16.9 Å². The van der Waals surface area contributed by atoms with Gasteiger partial charge in [0.1, 0.15) is 23.3 Å². The summed E-state index contributed by atoms with van der Waals surface area (Å²) in [5.41, 5.74) is 1.44. The highest BCUT2D eigenvalue weighted by atomic mass is 19.4. The number of aromatic amines is 1. The maximum atomic E-state index is 14.6. The number of hydrogen-bond donors (Lipinski definition) is 3. The predicted molar refractivity (Wildman–Crippen MR) is 161 cm³/mol. The quantitative estimate of drug-likeness (QED) is 0.183. The summed E-state index contributed by atoms with van der Waals surface area (Å²) < 4.78 is 53.9. The minimum Gasteiger partial charge on any atom is -0.354 e. The first-order valence-electron chi connectivity index (χ1n) is 14.1. The molecule has 0 bridgehead atoms. The average Bonchev–Trinajstić information content (AvgIpc) is 3.44. The zero-order chi connectivity index (χ0) is 30.6. The van der Waals surface area contributed by atoms with Crippen LogP contribution >= 0.6 is 0 Å². The Balaban J connectivity index is 1.20. The highest BCUT2D eigenvalue weighted by Gasteiger charge is 2.30. The van der Waals surface area contributed by atoms with Gasteiger partial charge < -0.3 is 20.4 Å². The Morgan fingerprint density at radius 2 is 1.77 bits per heavy atom. The first kappa shape index (κ1) is 30.0. The molecule has 12 heteroatoms. The van der Waals surface area contributed by atoms with Crippen LogP contribution in [0.1, 0.15) is 35.1 Å². The molecule has 3 N–H and O–H groups in total. The number of likely N-dealkylation sites (N-methyl/N-ethyl adjacent to an activating group) is 1. The number of benzene rings is 2.